The van der Waals surface area contributed by atoms with Gasteiger partial charge in [-0.15, -0.1) is 0 Å². The molecule has 100 valence electrons. The minimum atomic E-state index is -4.41. The van der Waals surface area contributed by atoms with Crippen molar-refractivity contribution >= 4 is 5.97 Å². The molecule has 1 atom stereocenters. The van der Waals surface area contributed by atoms with Crippen LogP contribution in [0.1, 0.15) is 18.1 Å². The van der Waals surface area contributed by atoms with Crippen molar-refractivity contribution in [2.75, 3.05) is 0 Å². The first-order chi connectivity index (χ1) is 8.30. The lowest BCUT2D eigenvalue weighted by Crippen LogP contribution is -2.28. The average Bonchev–Trinajstić information content (AvgIpc) is 2.25. The molecule has 0 bridgehead atoms. The van der Waals surface area contributed by atoms with E-state index in [2.05, 4.69) is 0 Å². The zero-order valence-electron chi connectivity index (χ0n) is 9.70. The van der Waals surface area contributed by atoms with Gasteiger partial charge in [-0.25, -0.2) is 0 Å². The number of carboxylic acid groups (broad SMARTS) is 1. The first kappa shape index (κ1) is 14.5. The van der Waals surface area contributed by atoms with Gasteiger partial charge in [-0.05, 0) is 18.1 Å². The molecule has 0 aliphatic carbocycles. The molecule has 18 heavy (non-hydrogen) atoms. The largest absolute Gasteiger partial charge is 0.481 e. The molecular formula is C12H13F3O3. The summed E-state index contributed by atoms with van der Waals surface area (Å²) in [7, 11) is 0. The Kier molecular flexibility index (Phi) is 4.72. The van der Waals surface area contributed by atoms with Crippen molar-refractivity contribution < 1.29 is 27.8 Å². The first-order valence-corrected chi connectivity index (χ1v) is 5.27. The van der Waals surface area contributed by atoms with Crippen molar-refractivity contribution in [3.8, 4) is 0 Å². The predicted octanol–water partition coefficient (Wildman–Crippen LogP) is 2.78. The summed E-state index contributed by atoms with van der Waals surface area (Å²) < 4.78 is 41.4. The van der Waals surface area contributed by atoms with Crippen LogP contribution in [-0.2, 0) is 22.6 Å². The highest BCUT2D eigenvalue weighted by Crippen LogP contribution is 2.23. The van der Waals surface area contributed by atoms with Crippen molar-refractivity contribution in [1.82, 2.24) is 0 Å². The van der Waals surface area contributed by atoms with Crippen LogP contribution in [0.15, 0.2) is 24.3 Å². The van der Waals surface area contributed by atoms with Crippen molar-refractivity contribution in [2.45, 2.75) is 32.2 Å². The minimum Gasteiger partial charge on any atom is -0.481 e. The van der Waals surface area contributed by atoms with E-state index in [1.165, 1.54) is 0 Å². The van der Waals surface area contributed by atoms with Gasteiger partial charge in [-0.3, -0.25) is 4.79 Å². The van der Waals surface area contributed by atoms with E-state index in [0.717, 1.165) is 6.92 Å². The van der Waals surface area contributed by atoms with E-state index in [1.54, 1.807) is 24.3 Å². The Balaban J connectivity index is 2.70. The summed E-state index contributed by atoms with van der Waals surface area (Å²) in [4.78, 5) is 10.6. The lowest BCUT2D eigenvalue weighted by molar-refractivity contribution is -0.217. The number of benzene rings is 1. The van der Waals surface area contributed by atoms with E-state index in [-0.39, 0.29) is 13.0 Å². The average molecular weight is 262 g/mol. The minimum absolute atomic E-state index is 0.236. The second kappa shape index (κ2) is 5.86. The second-order valence-corrected chi connectivity index (χ2v) is 3.83. The number of carbonyl (C=O) groups is 1. The van der Waals surface area contributed by atoms with Gasteiger partial charge in [0.2, 0.25) is 0 Å². The molecule has 0 aromatic heterocycles. The molecule has 0 amide bonds. The normalized spacial score (nSPS) is 13.3. The summed E-state index contributed by atoms with van der Waals surface area (Å²) in [6.45, 7) is 0.657. The molecule has 0 radical (unpaired) electrons. The molecule has 0 aliphatic rings. The Morgan fingerprint density at radius 2 is 1.89 bits per heavy atom. The van der Waals surface area contributed by atoms with E-state index >= 15 is 0 Å². The van der Waals surface area contributed by atoms with E-state index < -0.39 is 18.2 Å². The molecule has 0 spiro atoms. The quantitative estimate of drug-likeness (QED) is 0.887. The van der Waals surface area contributed by atoms with E-state index in [4.69, 9.17) is 9.84 Å². The van der Waals surface area contributed by atoms with Gasteiger partial charge in [0.05, 0.1) is 13.0 Å². The van der Waals surface area contributed by atoms with Gasteiger partial charge in [0.25, 0.3) is 0 Å². The molecule has 0 saturated heterocycles. The molecule has 1 aromatic rings. The summed E-state index contributed by atoms with van der Waals surface area (Å²) in [5.41, 5.74) is 0.912. The summed E-state index contributed by atoms with van der Waals surface area (Å²) in [6, 6.07) is 6.38. The standard InChI is InChI=1S/C12H13F3O3/c1-8(12(13,14)15)18-7-10-5-3-2-4-9(10)6-11(16)17/h2-5,8H,6-7H2,1H3,(H,16,17). The summed E-state index contributed by atoms with van der Waals surface area (Å²) in [6.07, 6.45) is -6.53. The molecule has 0 heterocycles. The summed E-state index contributed by atoms with van der Waals surface area (Å²) >= 11 is 0. The van der Waals surface area contributed by atoms with Crippen LogP contribution in [0.5, 0.6) is 0 Å². The zero-order valence-corrected chi connectivity index (χ0v) is 9.70. The van der Waals surface area contributed by atoms with Crippen LogP contribution in [0.25, 0.3) is 0 Å². The number of alkyl halides is 3. The predicted molar refractivity (Wildman–Crippen MR) is 58.1 cm³/mol. The highest BCUT2D eigenvalue weighted by molar-refractivity contribution is 5.70. The van der Waals surface area contributed by atoms with Crippen molar-refractivity contribution in [3.05, 3.63) is 35.4 Å². The van der Waals surface area contributed by atoms with E-state index in [1.807, 2.05) is 0 Å². The Morgan fingerprint density at radius 3 is 2.39 bits per heavy atom. The number of rotatable bonds is 5. The SMILES string of the molecule is CC(OCc1ccccc1CC(=O)O)C(F)(F)F. The highest BCUT2D eigenvalue weighted by atomic mass is 19.4. The molecule has 0 saturated carbocycles. The topological polar surface area (TPSA) is 46.5 Å². The van der Waals surface area contributed by atoms with Gasteiger partial charge in [-0.1, -0.05) is 24.3 Å². The number of halogens is 3. The zero-order chi connectivity index (χ0) is 13.8. The monoisotopic (exact) mass is 262 g/mol. The Labute approximate surface area is 102 Å². The molecule has 6 heteroatoms. The third-order valence-electron chi connectivity index (χ3n) is 2.41. The Hall–Kier alpha value is -1.56. The third-order valence-corrected chi connectivity index (χ3v) is 2.41. The van der Waals surface area contributed by atoms with Crippen LogP contribution in [0, 0.1) is 0 Å². The van der Waals surface area contributed by atoms with Crippen molar-refractivity contribution in [2.24, 2.45) is 0 Å². The summed E-state index contributed by atoms with van der Waals surface area (Å²) in [5, 5.41) is 8.68. The fourth-order valence-corrected chi connectivity index (χ4v) is 1.34. The van der Waals surface area contributed by atoms with Gasteiger partial charge in [-0.2, -0.15) is 13.2 Å². The van der Waals surface area contributed by atoms with Crippen molar-refractivity contribution in [1.29, 1.82) is 0 Å². The van der Waals surface area contributed by atoms with Crippen LogP contribution in [-0.4, -0.2) is 23.4 Å². The van der Waals surface area contributed by atoms with Gasteiger partial charge in [0, 0.05) is 0 Å². The molecule has 0 fully saturated rings. The second-order valence-electron chi connectivity index (χ2n) is 3.83. The number of ether oxygens (including phenoxy) is 1. The molecule has 3 nitrogen and oxygen atoms in total. The number of hydrogen-bond donors (Lipinski definition) is 1. The lowest BCUT2D eigenvalue weighted by Gasteiger charge is -2.17. The lowest BCUT2D eigenvalue weighted by atomic mass is 10.1. The highest BCUT2D eigenvalue weighted by Gasteiger charge is 2.36. The first-order valence-electron chi connectivity index (χ1n) is 5.27. The maximum Gasteiger partial charge on any atom is 0.414 e. The molecule has 1 N–H and O–H groups in total. The number of carboxylic acids is 1. The molecular weight excluding hydrogens is 249 g/mol. The van der Waals surface area contributed by atoms with Crippen molar-refractivity contribution in [3.63, 3.8) is 0 Å². The molecule has 1 aromatic carbocycles. The molecule has 0 aliphatic heterocycles. The maximum atomic E-state index is 12.2. The van der Waals surface area contributed by atoms with Gasteiger partial charge in [0.1, 0.15) is 0 Å². The van der Waals surface area contributed by atoms with Crippen LogP contribution in [0.4, 0.5) is 13.2 Å². The third kappa shape index (κ3) is 4.37. The van der Waals surface area contributed by atoms with Crippen LogP contribution in [0.2, 0.25) is 0 Å². The maximum absolute atomic E-state index is 12.2. The Bertz CT molecular complexity index is 415. The fourth-order valence-electron chi connectivity index (χ4n) is 1.34. The van der Waals surface area contributed by atoms with Crippen LogP contribution >= 0.6 is 0 Å². The number of aliphatic carboxylic acids is 1. The molecule has 1 unspecified atom stereocenters. The van der Waals surface area contributed by atoms with E-state index in [9.17, 15) is 18.0 Å². The Morgan fingerprint density at radius 1 is 1.33 bits per heavy atom. The van der Waals surface area contributed by atoms with Gasteiger partial charge in [0.15, 0.2) is 6.10 Å². The molecule has 1 rings (SSSR count). The number of hydrogen-bond acceptors (Lipinski definition) is 2. The van der Waals surface area contributed by atoms with Gasteiger partial charge >= 0.3 is 12.1 Å². The smallest absolute Gasteiger partial charge is 0.414 e. The van der Waals surface area contributed by atoms with Crippen LogP contribution < -0.4 is 0 Å². The summed E-state index contributed by atoms with van der Waals surface area (Å²) in [5.74, 6) is -1.04. The van der Waals surface area contributed by atoms with Gasteiger partial charge < -0.3 is 9.84 Å². The van der Waals surface area contributed by atoms with Crippen LogP contribution in [0.3, 0.4) is 0 Å². The van der Waals surface area contributed by atoms with E-state index in [0.29, 0.717) is 11.1 Å². The fraction of sp³-hybridized carbons (Fsp3) is 0.417.